The second-order valence-electron chi connectivity index (χ2n) is 5.47. The van der Waals surface area contributed by atoms with E-state index in [2.05, 4.69) is 52.0 Å². The second kappa shape index (κ2) is 6.35. The molecule has 0 spiro atoms. The number of anilines is 2. The number of benzene rings is 1. The number of halogens is 1. The van der Waals surface area contributed by atoms with E-state index in [9.17, 15) is 0 Å². The summed E-state index contributed by atoms with van der Waals surface area (Å²) >= 11 is 5.90. The van der Waals surface area contributed by atoms with E-state index in [4.69, 9.17) is 11.6 Å². The molecule has 0 bridgehead atoms. The maximum atomic E-state index is 5.90. The highest BCUT2D eigenvalue weighted by Crippen LogP contribution is 2.21. The summed E-state index contributed by atoms with van der Waals surface area (Å²) in [5, 5.41) is 0. The summed E-state index contributed by atoms with van der Waals surface area (Å²) in [7, 11) is 0. The summed E-state index contributed by atoms with van der Waals surface area (Å²) in [6.07, 6.45) is 1.85. The van der Waals surface area contributed by atoms with E-state index in [1.807, 2.05) is 12.3 Å². The molecule has 1 aliphatic rings. The SMILES string of the molecule is Cc1cccc(N2CCN(c3cc(CCl)ccn3)CC2)c1. The van der Waals surface area contributed by atoms with Gasteiger partial charge >= 0.3 is 0 Å². The van der Waals surface area contributed by atoms with E-state index >= 15 is 0 Å². The van der Waals surface area contributed by atoms with Crippen LogP contribution in [0.15, 0.2) is 42.6 Å². The zero-order valence-corrected chi connectivity index (χ0v) is 13.1. The van der Waals surface area contributed by atoms with E-state index in [1.165, 1.54) is 11.3 Å². The van der Waals surface area contributed by atoms with Gasteiger partial charge in [-0.25, -0.2) is 4.98 Å². The summed E-state index contributed by atoms with van der Waals surface area (Å²) in [4.78, 5) is 9.25. The van der Waals surface area contributed by atoms with Gasteiger partial charge in [-0.2, -0.15) is 0 Å². The quantitative estimate of drug-likeness (QED) is 0.810. The van der Waals surface area contributed by atoms with Crippen molar-refractivity contribution >= 4 is 23.1 Å². The van der Waals surface area contributed by atoms with Gasteiger partial charge in [0.15, 0.2) is 0 Å². The number of hydrogen-bond acceptors (Lipinski definition) is 3. The fourth-order valence-electron chi connectivity index (χ4n) is 2.74. The molecular formula is C17H20ClN3. The summed E-state index contributed by atoms with van der Waals surface area (Å²) in [5.74, 6) is 1.58. The van der Waals surface area contributed by atoms with Gasteiger partial charge in [-0.1, -0.05) is 12.1 Å². The number of alkyl halides is 1. The van der Waals surface area contributed by atoms with Crippen molar-refractivity contribution in [2.45, 2.75) is 12.8 Å². The van der Waals surface area contributed by atoms with Crippen LogP contribution in [0.2, 0.25) is 0 Å². The monoisotopic (exact) mass is 301 g/mol. The Bertz CT molecular complexity index is 606. The number of piperazine rings is 1. The second-order valence-corrected chi connectivity index (χ2v) is 5.74. The third-order valence-corrected chi connectivity index (χ3v) is 4.24. The van der Waals surface area contributed by atoms with E-state index in [0.717, 1.165) is 37.6 Å². The molecule has 1 aromatic carbocycles. The van der Waals surface area contributed by atoms with Gasteiger partial charge in [0.1, 0.15) is 5.82 Å². The highest BCUT2D eigenvalue weighted by Gasteiger charge is 2.18. The molecule has 1 aromatic heterocycles. The molecule has 0 saturated carbocycles. The molecule has 4 heteroatoms. The Morgan fingerprint density at radius 3 is 2.52 bits per heavy atom. The molecule has 1 fully saturated rings. The highest BCUT2D eigenvalue weighted by atomic mass is 35.5. The van der Waals surface area contributed by atoms with Crippen molar-refractivity contribution in [2.24, 2.45) is 0 Å². The molecule has 0 N–H and O–H groups in total. The number of nitrogens with zero attached hydrogens (tertiary/aromatic N) is 3. The van der Waals surface area contributed by atoms with Gasteiger partial charge < -0.3 is 9.80 Å². The van der Waals surface area contributed by atoms with Gasteiger partial charge in [-0.05, 0) is 42.3 Å². The Kier molecular flexibility index (Phi) is 4.30. The first kappa shape index (κ1) is 14.2. The molecule has 2 aromatic rings. The van der Waals surface area contributed by atoms with E-state index in [-0.39, 0.29) is 0 Å². The number of hydrogen-bond donors (Lipinski definition) is 0. The minimum Gasteiger partial charge on any atom is -0.368 e. The zero-order chi connectivity index (χ0) is 14.7. The predicted molar refractivity (Wildman–Crippen MR) is 89.4 cm³/mol. The smallest absolute Gasteiger partial charge is 0.128 e. The van der Waals surface area contributed by atoms with Crippen LogP contribution in [0.1, 0.15) is 11.1 Å². The van der Waals surface area contributed by atoms with Crippen LogP contribution in [0.5, 0.6) is 0 Å². The molecule has 0 unspecified atom stereocenters. The molecule has 0 aliphatic carbocycles. The van der Waals surface area contributed by atoms with Crippen LogP contribution in [0.4, 0.5) is 11.5 Å². The molecular weight excluding hydrogens is 282 g/mol. The average molecular weight is 302 g/mol. The molecule has 2 heterocycles. The van der Waals surface area contributed by atoms with E-state index < -0.39 is 0 Å². The molecule has 0 atom stereocenters. The summed E-state index contributed by atoms with van der Waals surface area (Å²) in [6.45, 7) is 6.17. The van der Waals surface area contributed by atoms with Gasteiger partial charge in [0.2, 0.25) is 0 Å². The number of rotatable bonds is 3. The van der Waals surface area contributed by atoms with E-state index in [1.54, 1.807) is 0 Å². The van der Waals surface area contributed by atoms with Crippen LogP contribution in [-0.4, -0.2) is 31.2 Å². The lowest BCUT2D eigenvalue weighted by atomic mass is 10.2. The van der Waals surface area contributed by atoms with Gasteiger partial charge in [0.25, 0.3) is 0 Å². The van der Waals surface area contributed by atoms with Crippen LogP contribution in [0.3, 0.4) is 0 Å². The first-order valence-electron chi connectivity index (χ1n) is 7.34. The van der Waals surface area contributed by atoms with Crippen LogP contribution in [0.25, 0.3) is 0 Å². The van der Waals surface area contributed by atoms with Crippen molar-refractivity contribution in [1.82, 2.24) is 4.98 Å². The van der Waals surface area contributed by atoms with Crippen molar-refractivity contribution in [1.29, 1.82) is 0 Å². The minimum absolute atomic E-state index is 0.540. The number of aromatic nitrogens is 1. The van der Waals surface area contributed by atoms with Crippen molar-refractivity contribution < 1.29 is 0 Å². The molecule has 0 amide bonds. The Balaban J connectivity index is 1.67. The van der Waals surface area contributed by atoms with Gasteiger partial charge in [-0.15, -0.1) is 11.6 Å². The summed E-state index contributed by atoms with van der Waals surface area (Å²) < 4.78 is 0. The average Bonchev–Trinajstić information content (AvgIpc) is 2.55. The standard InChI is InChI=1S/C17H20ClN3/c1-14-3-2-4-16(11-14)20-7-9-21(10-8-20)17-12-15(13-18)5-6-19-17/h2-6,11-12H,7-10,13H2,1H3. The minimum atomic E-state index is 0.540. The lowest BCUT2D eigenvalue weighted by Gasteiger charge is -2.37. The normalized spacial score (nSPS) is 15.3. The van der Waals surface area contributed by atoms with Crippen molar-refractivity contribution in [2.75, 3.05) is 36.0 Å². The Morgan fingerprint density at radius 2 is 1.81 bits per heavy atom. The predicted octanol–water partition coefficient (Wildman–Crippen LogP) is 3.46. The van der Waals surface area contributed by atoms with Crippen LogP contribution in [-0.2, 0) is 5.88 Å². The van der Waals surface area contributed by atoms with E-state index in [0.29, 0.717) is 5.88 Å². The fourth-order valence-corrected chi connectivity index (χ4v) is 2.90. The largest absolute Gasteiger partial charge is 0.368 e. The maximum absolute atomic E-state index is 5.90. The molecule has 110 valence electrons. The van der Waals surface area contributed by atoms with Crippen LogP contribution < -0.4 is 9.80 Å². The third-order valence-electron chi connectivity index (χ3n) is 3.93. The van der Waals surface area contributed by atoms with Crippen molar-refractivity contribution in [3.63, 3.8) is 0 Å². The van der Waals surface area contributed by atoms with Crippen molar-refractivity contribution in [3.05, 3.63) is 53.7 Å². The summed E-state index contributed by atoms with van der Waals surface area (Å²) in [6, 6.07) is 12.8. The molecule has 3 rings (SSSR count). The topological polar surface area (TPSA) is 19.4 Å². The molecule has 1 aliphatic heterocycles. The fraction of sp³-hybridized carbons (Fsp3) is 0.353. The first-order chi connectivity index (χ1) is 10.3. The van der Waals surface area contributed by atoms with Gasteiger partial charge in [0.05, 0.1) is 0 Å². The zero-order valence-electron chi connectivity index (χ0n) is 12.3. The Labute approximate surface area is 131 Å². The van der Waals surface area contributed by atoms with Gasteiger partial charge in [-0.3, -0.25) is 0 Å². The Hall–Kier alpha value is -1.74. The summed E-state index contributed by atoms with van der Waals surface area (Å²) in [5.41, 5.74) is 3.76. The Morgan fingerprint density at radius 1 is 1.05 bits per heavy atom. The maximum Gasteiger partial charge on any atom is 0.128 e. The van der Waals surface area contributed by atoms with Crippen LogP contribution >= 0.6 is 11.6 Å². The van der Waals surface area contributed by atoms with Crippen LogP contribution in [0, 0.1) is 6.92 Å². The molecule has 3 nitrogen and oxygen atoms in total. The number of pyridine rings is 1. The lowest BCUT2D eigenvalue weighted by Crippen LogP contribution is -2.46. The lowest BCUT2D eigenvalue weighted by molar-refractivity contribution is 0.647. The van der Waals surface area contributed by atoms with Crippen molar-refractivity contribution in [3.8, 4) is 0 Å². The molecule has 21 heavy (non-hydrogen) atoms. The molecule has 1 saturated heterocycles. The van der Waals surface area contributed by atoms with Gasteiger partial charge in [0, 0.05) is 43.9 Å². The third kappa shape index (κ3) is 3.30. The first-order valence-corrected chi connectivity index (χ1v) is 7.87. The number of aryl methyl sites for hydroxylation is 1. The highest BCUT2D eigenvalue weighted by molar-refractivity contribution is 6.17. The molecule has 0 radical (unpaired) electrons.